The van der Waals surface area contributed by atoms with Crippen molar-refractivity contribution in [1.82, 2.24) is 0 Å². The van der Waals surface area contributed by atoms with Crippen LogP contribution in [-0.4, -0.2) is 24.8 Å². The summed E-state index contributed by atoms with van der Waals surface area (Å²) in [4.78, 5) is 10.9. The molecular formula is C14H18O3. The minimum absolute atomic E-state index is 0.194. The Kier molecular flexibility index (Phi) is 3.20. The topological polar surface area (TPSA) is 46.5 Å². The molecule has 3 nitrogen and oxygen atoms in total. The normalized spacial score (nSPS) is 18.7. The highest BCUT2D eigenvalue weighted by atomic mass is 16.5. The van der Waals surface area contributed by atoms with E-state index >= 15 is 0 Å². The van der Waals surface area contributed by atoms with E-state index in [1.54, 1.807) is 14.0 Å². The molecule has 0 bridgehead atoms. The van der Waals surface area contributed by atoms with Crippen molar-refractivity contribution in [3.05, 3.63) is 35.4 Å². The van der Waals surface area contributed by atoms with Gasteiger partial charge in [0.15, 0.2) is 0 Å². The van der Waals surface area contributed by atoms with Gasteiger partial charge in [-0.3, -0.25) is 4.79 Å². The van der Waals surface area contributed by atoms with Gasteiger partial charge in [0.25, 0.3) is 0 Å². The molecule has 1 N–H and O–H groups in total. The van der Waals surface area contributed by atoms with Gasteiger partial charge >= 0.3 is 5.97 Å². The fourth-order valence-corrected chi connectivity index (χ4v) is 2.21. The summed E-state index contributed by atoms with van der Waals surface area (Å²) in [6, 6.07) is 7.93. The number of hydrogen-bond donors (Lipinski definition) is 1. The molecule has 0 radical (unpaired) electrons. The minimum Gasteiger partial charge on any atom is -0.481 e. The van der Waals surface area contributed by atoms with E-state index in [2.05, 4.69) is 0 Å². The third-order valence-corrected chi connectivity index (χ3v) is 3.67. The van der Waals surface area contributed by atoms with Crippen LogP contribution in [0.1, 0.15) is 36.8 Å². The van der Waals surface area contributed by atoms with E-state index in [-0.39, 0.29) is 5.41 Å². The molecule has 1 aromatic carbocycles. The fraction of sp³-hybridized carbons (Fsp3) is 0.500. The molecule has 0 aliphatic heterocycles. The maximum absolute atomic E-state index is 10.9. The van der Waals surface area contributed by atoms with Crippen LogP contribution in [0.15, 0.2) is 24.3 Å². The highest BCUT2D eigenvalue weighted by molar-refractivity contribution is 5.75. The van der Waals surface area contributed by atoms with Crippen LogP contribution >= 0.6 is 0 Å². The Morgan fingerprint density at radius 3 is 2.41 bits per heavy atom. The van der Waals surface area contributed by atoms with Crippen molar-refractivity contribution in [2.75, 3.05) is 13.7 Å². The molecule has 92 valence electrons. The molecule has 3 heteroatoms. The summed E-state index contributed by atoms with van der Waals surface area (Å²) < 4.78 is 5.25. The van der Waals surface area contributed by atoms with Gasteiger partial charge in [-0.1, -0.05) is 24.3 Å². The summed E-state index contributed by atoms with van der Waals surface area (Å²) in [5.41, 5.74) is 2.31. The first-order valence-electron chi connectivity index (χ1n) is 5.91. The number of carboxylic acids is 1. The molecule has 1 saturated carbocycles. The number of methoxy groups -OCH3 is 1. The number of carboxylic acid groups (broad SMARTS) is 1. The highest BCUT2D eigenvalue weighted by Gasteiger charge is 2.44. The van der Waals surface area contributed by atoms with Crippen molar-refractivity contribution in [2.45, 2.75) is 31.1 Å². The van der Waals surface area contributed by atoms with Gasteiger partial charge in [0, 0.05) is 12.5 Å². The molecule has 1 atom stereocenters. The zero-order chi connectivity index (χ0) is 12.5. The van der Waals surface area contributed by atoms with Gasteiger partial charge in [0.05, 0.1) is 12.5 Å². The van der Waals surface area contributed by atoms with E-state index in [4.69, 9.17) is 9.84 Å². The van der Waals surface area contributed by atoms with E-state index in [1.165, 1.54) is 5.56 Å². The lowest BCUT2D eigenvalue weighted by atomic mass is 9.93. The second kappa shape index (κ2) is 4.49. The maximum Gasteiger partial charge on any atom is 0.310 e. The molecule has 2 rings (SSSR count). The highest BCUT2D eigenvalue weighted by Crippen LogP contribution is 2.48. The summed E-state index contributed by atoms with van der Waals surface area (Å²) in [6.07, 6.45) is 2.32. The zero-order valence-electron chi connectivity index (χ0n) is 10.3. The van der Waals surface area contributed by atoms with Gasteiger partial charge in [-0.25, -0.2) is 0 Å². The number of aliphatic carboxylic acids is 1. The molecule has 1 aliphatic rings. The molecule has 0 saturated heterocycles. The SMILES string of the molecule is COCC1(c2ccc(C(C)C(=O)O)cc2)CC1. The van der Waals surface area contributed by atoms with Gasteiger partial charge in [-0.15, -0.1) is 0 Å². The summed E-state index contributed by atoms with van der Waals surface area (Å²) >= 11 is 0. The average Bonchev–Trinajstić information content (AvgIpc) is 3.10. The van der Waals surface area contributed by atoms with Crippen LogP contribution in [0.2, 0.25) is 0 Å². The Morgan fingerprint density at radius 2 is 2.00 bits per heavy atom. The van der Waals surface area contributed by atoms with Crippen LogP contribution in [0.3, 0.4) is 0 Å². The Hall–Kier alpha value is -1.35. The average molecular weight is 234 g/mol. The summed E-state index contributed by atoms with van der Waals surface area (Å²) in [5.74, 6) is -1.22. The Morgan fingerprint density at radius 1 is 1.41 bits per heavy atom. The van der Waals surface area contributed by atoms with Crippen molar-refractivity contribution in [3.8, 4) is 0 Å². The first kappa shape index (κ1) is 12.1. The zero-order valence-corrected chi connectivity index (χ0v) is 10.3. The molecule has 1 aromatic rings. The van der Waals surface area contributed by atoms with Crippen LogP contribution in [0.5, 0.6) is 0 Å². The largest absolute Gasteiger partial charge is 0.481 e. The number of carbonyl (C=O) groups is 1. The maximum atomic E-state index is 10.9. The van der Waals surface area contributed by atoms with E-state index in [1.807, 2.05) is 24.3 Å². The lowest BCUT2D eigenvalue weighted by Gasteiger charge is -2.15. The Bertz CT molecular complexity index is 404. The van der Waals surface area contributed by atoms with Gasteiger partial charge in [0.1, 0.15) is 0 Å². The van der Waals surface area contributed by atoms with Gasteiger partial charge in [0.2, 0.25) is 0 Å². The van der Waals surface area contributed by atoms with Crippen LogP contribution in [0.25, 0.3) is 0 Å². The van der Waals surface area contributed by atoms with Gasteiger partial charge < -0.3 is 9.84 Å². The third kappa shape index (κ3) is 2.34. The molecule has 17 heavy (non-hydrogen) atoms. The van der Waals surface area contributed by atoms with Crippen molar-refractivity contribution >= 4 is 5.97 Å². The first-order chi connectivity index (χ1) is 8.09. The van der Waals surface area contributed by atoms with E-state index in [0.717, 1.165) is 25.0 Å². The molecule has 0 amide bonds. The van der Waals surface area contributed by atoms with E-state index in [0.29, 0.717) is 0 Å². The van der Waals surface area contributed by atoms with Crippen molar-refractivity contribution < 1.29 is 14.6 Å². The second-order valence-corrected chi connectivity index (χ2v) is 4.90. The Balaban J connectivity index is 2.16. The predicted molar refractivity (Wildman–Crippen MR) is 65.3 cm³/mol. The van der Waals surface area contributed by atoms with Crippen LogP contribution in [0.4, 0.5) is 0 Å². The first-order valence-corrected chi connectivity index (χ1v) is 5.91. The monoisotopic (exact) mass is 234 g/mol. The third-order valence-electron chi connectivity index (χ3n) is 3.67. The van der Waals surface area contributed by atoms with E-state index in [9.17, 15) is 4.79 Å². The van der Waals surface area contributed by atoms with Gasteiger partial charge in [-0.2, -0.15) is 0 Å². The molecule has 0 spiro atoms. The van der Waals surface area contributed by atoms with Crippen molar-refractivity contribution in [3.63, 3.8) is 0 Å². The molecule has 1 fully saturated rings. The number of rotatable bonds is 5. The minimum atomic E-state index is -0.782. The molecule has 1 unspecified atom stereocenters. The van der Waals surface area contributed by atoms with Crippen molar-refractivity contribution in [2.24, 2.45) is 0 Å². The molecule has 0 heterocycles. The predicted octanol–water partition coefficient (Wildman–Crippen LogP) is 2.55. The van der Waals surface area contributed by atoms with Crippen molar-refractivity contribution in [1.29, 1.82) is 0 Å². The summed E-state index contributed by atoms with van der Waals surface area (Å²) in [6.45, 7) is 2.46. The van der Waals surface area contributed by atoms with Gasteiger partial charge in [-0.05, 0) is 30.9 Å². The summed E-state index contributed by atoms with van der Waals surface area (Å²) in [7, 11) is 1.72. The lowest BCUT2D eigenvalue weighted by Crippen LogP contribution is -2.14. The number of hydrogen-bond acceptors (Lipinski definition) is 2. The molecule has 0 aromatic heterocycles. The Labute approximate surface area is 101 Å². The fourth-order valence-electron chi connectivity index (χ4n) is 2.21. The standard InChI is InChI=1S/C14H18O3/c1-10(13(15)16)11-3-5-12(6-4-11)14(7-8-14)9-17-2/h3-6,10H,7-9H2,1-2H3,(H,15,16). The smallest absolute Gasteiger partial charge is 0.310 e. The quantitative estimate of drug-likeness (QED) is 0.851. The lowest BCUT2D eigenvalue weighted by molar-refractivity contribution is -0.138. The summed E-state index contributed by atoms with van der Waals surface area (Å²) in [5, 5.41) is 8.94. The van der Waals surface area contributed by atoms with Crippen LogP contribution in [-0.2, 0) is 14.9 Å². The van der Waals surface area contributed by atoms with Crippen LogP contribution in [0, 0.1) is 0 Å². The molecule has 1 aliphatic carbocycles. The molecular weight excluding hydrogens is 216 g/mol. The second-order valence-electron chi connectivity index (χ2n) is 4.90. The van der Waals surface area contributed by atoms with E-state index < -0.39 is 11.9 Å². The number of benzene rings is 1. The number of ether oxygens (including phenoxy) is 1. The van der Waals surface area contributed by atoms with Crippen LogP contribution < -0.4 is 0 Å².